The number of benzene rings is 1. The Morgan fingerprint density at radius 3 is 3.06 bits per heavy atom. The number of rotatable bonds is 2. The maximum atomic E-state index is 13.3. The summed E-state index contributed by atoms with van der Waals surface area (Å²) in [4.78, 5) is 2.07. The zero-order chi connectivity index (χ0) is 12.3. The molecule has 0 amide bonds. The van der Waals surface area contributed by atoms with Crippen molar-refractivity contribution < 1.29 is 4.39 Å². The van der Waals surface area contributed by atoms with Crippen LogP contribution in [0.2, 0.25) is 5.02 Å². The van der Waals surface area contributed by atoms with Crippen molar-refractivity contribution in [1.29, 1.82) is 5.26 Å². The number of halogens is 2. The number of piperidine rings is 1. The average Bonchev–Trinajstić information content (AvgIpc) is 2.35. The highest BCUT2D eigenvalue weighted by Gasteiger charge is 2.22. The normalized spacial score (nSPS) is 21.1. The van der Waals surface area contributed by atoms with E-state index in [-0.39, 0.29) is 11.1 Å². The van der Waals surface area contributed by atoms with Gasteiger partial charge in [0.1, 0.15) is 5.82 Å². The van der Waals surface area contributed by atoms with E-state index in [2.05, 4.69) is 11.0 Å². The standard InChI is InChI=1S/C13H14ClFN2/c14-13-10(4-3-6-12(13)15)9-17-7-2-1-5-11(17)8-16/h3-4,6,11H,1-2,5,7,9H2. The summed E-state index contributed by atoms with van der Waals surface area (Å²) in [6.45, 7) is 1.43. The van der Waals surface area contributed by atoms with Crippen LogP contribution in [-0.4, -0.2) is 17.5 Å². The van der Waals surface area contributed by atoms with Crippen molar-refractivity contribution >= 4 is 11.6 Å². The quantitative estimate of drug-likeness (QED) is 0.807. The zero-order valence-electron chi connectivity index (χ0n) is 9.50. The molecule has 0 N–H and O–H groups in total. The van der Waals surface area contributed by atoms with Gasteiger partial charge in [-0.15, -0.1) is 0 Å². The second kappa shape index (κ2) is 5.48. The highest BCUT2D eigenvalue weighted by Crippen LogP contribution is 2.24. The molecule has 1 aromatic carbocycles. The van der Waals surface area contributed by atoms with Gasteiger partial charge >= 0.3 is 0 Å². The highest BCUT2D eigenvalue weighted by molar-refractivity contribution is 6.31. The smallest absolute Gasteiger partial charge is 0.142 e. The fourth-order valence-electron chi connectivity index (χ4n) is 2.22. The molecule has 1 aliphatic heterocycles. The summed E-state index contributed by atoms with van der Waals surface area (Å²) in [5.74, 6) is -0.394. The van der Waals surface area contributed by atoms with E-state index in [4.69, 9.17) is 16.9 Å². The fourth-order valence-corrected chi connectivity index (χ4v) is 2.40. The maximum absolute atomic E-state index is 13.3. The van der Waals surface area contributed by atoms with Crippen LogP contribution < -0.4 is 0 Å². The molecule has 1 unspecified atom stereocenters. The van der Waals surface area contributed by atoms with Crippen molar-refractivity contribution in [3.8, 4) is 6.07 Å². The van der Waals surface area contributed by atoms with Crippen molar-refractivity contribution in [2.24, 2.45) is 0 Å². The minimum atomic E-state index is -0.394. The second-order valence-electron chi connectivity index (χ2n) is 4.32. The van der Waals surface area contributed by atoms with Gasteiger partial charge in [0, 0.05) is 6.54 Å². The lowest BCUT2D eigenvalue weighted by atomic mass is 10.0. The van der Waals surface area contributed by atoms with Gasteiger partial charge < -0.3 is 0 Å². The third kappa shape index (κ3) is 2.77. The summed E-state index contributed by atoms with van der Waals surface area (Å²) in [5, 5.41) is 9.24. The van der Waals surface area contributed by atoms with Crippen molar-refractivity contribution in [3.63, 3.8) is 0 Å². The van der Waals surface area contributed by atoms with Gasteiger partial charge in [-0.05, 0) is 37.4 Å². The predicted molar refractivity (Wildman–Crippen MR) is 65.1 cm³/mol. The molecule has 0 radical (unpaired) electrons. The number of nitriles is 1. The number of nitrogens with zero attached hydrogens (tertiary/aromatic N) is 2. The first kappa shape index (κ1) is 12.3. The SMILES string of the molecule is N#CC1CCCCN1Cc1cccc(F)c1Cl. The third-order valence-electron chi connectivity index (χ3n) is 3.17. The molecule has 1 atom stereocenters. The van der Waals surface area contributed by atoms with Gasteiger partial charge in [-0.25, -0.2) is 4.39 Å². The average molecular weight is 253 g/mol. The largest absolute Gasteiger partial charge is 0.284 e. The van der Waals surface area contributed by atoms with E-state index >= 15 is 0 Å². The Kier molecular flexibility index (Phi) is 3.98. The molecule has 2 nitrogen and oxygen atoms in total. The molecule has 1 aliphatic rings. The molecule has 1 aromatic rings. The van der Waals surface area contributed by atoms with Crippen molar-refractivity contribution in [2.75, 3.05) is 6.54 Å². The van der Waals surface area contributed by atoms with E-state index in [9.17, 15) is 4.39 Å². The Bertz CT molecular complexity index is 442. The maximum Gasteiger partial charge on any atom is 0.142 e. The van der Waals surface area contributed by atoms with Crippen molar-refractivity contribution in [2.45, 2.75) is 31.8 Å². The van der Waals surface area contributed by atoms with Crippen LogP contribution in [0.1, 0.15) is 24.8 Å². The lowest BCUT2D eigenvalue weighted by Gasteiger charge is -2.31. The first-order chi connectivity index (χ1) is 8.22. The molecule has 0 spiro atoms. The minimum Gasteiger partial charge on any atom is -0.284 e. The number of hydrogen-bond donors (Lipinski definition) is 0. The Morgan fingerprint density at radius 2 is 2.29 bits per heavy atom. The van der Waals surface area contributed by atoms with Crippen LogP contribution in [0.5, 0.6) is 0 Å². The van der Waals surface area contributed by atoms with Crippen LogP contribution in [0, 0.1) is 17.1 Å². The van der Waals surface area contributed by atoms with Crippen molar-refractivity contribution in [3.05, 3.63) is 34.6 Å². The van der Waals surface area contributed by atoms with E-state index in [0.717, 1.165) is 31.4 Å². The molecule has 17 heavy (non-hydrogen) atoms. The van der Waals surface area contributed by atoms with Gasteiger partial charge in [0.2, 0.25) is 0 Å². The molecule has 1 heterocycles. The molecule has 90 valence electrons. The summed E-state index contributed by atoms with van der Waals surface area (Å²) in [5.41, 5.74) is 0.758. The number of hydrogen-bond acceptors (Lipinski definition) is 2. The van der Waals surface area contributed by atoms with Gasteiger partial charge in [0.15, 0.2) is 0 Å². The molecule has 0 aromatic heterocycles. The van der Waals surface area contributed by atoms with Crippen molar-refractivity contribution in [1.82, 2.24) is 4.90 Å². The third-order valence-corrected chi connectivity index (χ3v) is 3.59. The van der Waals surface area contributed by atoms with Crippen LogP contribution in [0.3, 0.4) is 0 Å². The van der Waals surface area contributed by atoms with E-state index in [1.807, 2.05) is 6.07 Å². The summed E-state index contributed by atoms with van der Waals surface area (Å²) in [6, 6.07) is 7.05. The Morgan fingerprint density at radius 1 is 1.47 bits per heavy atom. The molecule has 0 bridgehead atoms. The summed E-state index contributed by atoms with van der Waals surface area (Å²) >= 11 is 5.92. The minimum absolute atomic E-state index is 0.0666. The van der Waals surface area contributed by atoms with Crippen LogP contribution in [0.4, 0.5) is 4.39 Å². The number of likely N-dealkylation sites (tertiary alicyclic amines) is 1. The lowest BCUT2D eigenvalue weighted by Crippen LogP contribution is -2.37. The van der Waals surface area contributed by atoms with Gasteiger partial charge in [-0.1, -0.05) is 23.7 Å². The topological polar surface area (TPSA) is 27.0 Å². The molecule has 1 fully saturated rings. The first-order valence-corrected chi connectivity index (χ1v) is 6.16. The molecule has 4 heteroatoms. The molecule has 0 aliphatic carbocycles. The highest BCUT2D eigenvalue weighted by atomic mass is 35.5. The van der Waals surface area contributed by atoms with Gasteiger partial charge in [0.25, 0.3) is 0 Å². The van der Waals surface area contributed by atoms with E-state index in [1.165, 1.54) is 6.07 Å². The van der Waals surface area contributed by atoms with E-state index in [1.54, 1.807) is 6.07 Å². The Hall–Kier alpha value is -1.11. The summed E-state index contributed by atoms with van der Waals surface area (Å²) < 4.78 is 13.3. The Labute approximate surface area is 106 Å². The van der Waals surface area contributed by atoms with E-state index < -0.39 is 5.82 Å². The lowest BCUT2D eigenvalue weighted by molar-refractivity contribution is 0.176. The summed E-state index contributed by atoms with van der Waals surface area (Å²) in [7, 11) is 0. The predicted octanol–water partition coefficient (Wildman–Crippen LogP) is 3.36. The second-order valence-corrected chi connectivity index (χ2v) is 4.70. The van der Waals surface area contributed by atoms with Crippen LogP contribution in [-0.2, 0) is 6.54 Å². The van der Waals surface area contributed by atoms with Crippen LogP contribution in [0.25, 0.3) is 0 Å². The van der Waals surface area contributed by atoms with Crippen LogP contribution >= 0.6 is 11.6 Å². The molecular formula is C13H14ClFN2. The van der Waals surface area contributed by atoms with Gasteiger partial charge in [-0.3, -0.25) is 4.90 Å². The zero-order valence-corrected chi connectivity index (χ0v) is 10.3. The van der Waals surface area contributed by atoms with Crippen LogP contribution in [0.15, 0.2) is 18.2 Å². The summed E-state index contributed by atoms with van der Waals surface area (Å²) in [6.07, 6.45) is 3.07. The van der Waals surface area contributed by atoms with Gasteiger partial charge in [0.05, 0.1) is 17.1 Å². The van der Waals surface area contributed by atoms with Gasteiger partial charge in [-0.2, -0.15) is 5.26 Å². The fraction of sp³-hybridized carbons (Fsp3) is 0.462. The molecular weight excluding hydrogens is 239 g/mol. The molecule has 2 rings (SSSR count). The molecule has 0 saturated carbocycles. The Balaban J connectivity index is 2.14. The van der Waals surface area contributed by atoms with E-state index in [0.29, 0.717) is 6.54 Å². The monoisotopic (exact) mass is 252 g/mol. The molecule has 1 saturated heterocycles. The first-order valence-electron chi connectivity index (χ1n) is 5.79.